The van der Waals surface area contributed by atoms with Gasteiger partial charge in [0.1, 0.15) is 20.8 Å². The van der Waals surface area contributed by atoms with E-state index in [1.54, 1.807) is 0 Å². The Morgan fingerprint density at radius 2 is 1.68 bits per heavy atom. The first-order valence-corrected chi connectivity index (χ1v) is 14.9. The average molecular weight is 379 g/mol. The Bertz CT molecular complexity index is 587. The molecule has 0 radical (unpaired) electrons. The molecule has 25 heavy (non-hydrogen) atoms. The van der Waals surface area contributed by atoms with Crippen LogP contribution in [0.1, 0.15) is 27.7 Å². The van der Waals surface area contributed by atoms with Gasteiger partial charge in [0.05, 0.1) is 0 Å². The standard InChI is InChI=1S/C20H34O3Si2/c1-17(14-15-24(5,6)18-12-10-9-11-13-18)23-19(21)16-22-25(7,8)20(2,3)4/h9-15,17H,16H2,1-8H3/b15-14+/t17-/m0/s1. The van der Waals surface area contributed by atoms with E-state index in [1.165, 1.54) is 5.19 Å². The summed E-state index contributed by atoms with van der Waals surface area (Å²) in [5.41, 5.74) is 2.23. The first-order chi connectivity index (χ1) is 11.3. The van der Waals surface area contributed by atoms with Crippen LogP contribution in [0.15, 0.2) is 42.1 Å². The van der Waals surface area contributed by atoms with Crippen LogP contribution in [0.4, 0.5) is 0 Å². The van der Waals surface area contributed by atoms with Gasteiger partial charge in [0.15, 0.2) is 8.32 Å². The van der Waals surface area contributed by atoms with E-state index in [4.69, 9.17) is 9.16 Å². The Balaban J connectivity index is 2.56. The summed E-state index contributed by atoms with van der Waals surface area (Å²) in [5.74, 6) is -0.291. The molecule has 0 heterocycles. The van der Waals surface area contributed by atoms with E-state index < -0.39 is 16.4 Å². The molecule has 0 aliphatic heterocycles. The van der Waals surface area contributed by atoms with E-state index >= 15 is 0 Å². The lowest BCUT2D eigenvalue weighted by atomic mass is 10.2. The van der Waals surface area contributed by atoms with Crippen molar-refractivity contribution in [2.24, 2.45) is 0 Å². The van der Waals surface area contributed by atoms with Crippen molar-refractivity contribution < 1.29 is 14.0 Å². The fourth-order valence-electron chi connectivity index (χ4n) is 2.08. The van der Waals surface area contributed by atoms with Gasteiger partial charge in [0.25, 0.3) is 0 Å². The molecule has 0 spiro atoms. The number of ether oxygens (including phenoxy) is 1. The quantitative estimate of drug-likeness (QED) is 0.512. The van der Waals surface area contributed by atoms with Gasteiger partial charge in [-0.3, -0.25) is 0 Å². The molecule has 0 saturated carbocycles. The van der Waals surface area contributed by atoms with Crippen LogP contribution < -0.4 is 5.19 Å². The lowest BCUT2D eigenvalue weighted by Gasteiger charge is -2.35. The predicted octanol–water partition coefficient (Wildman–Crippen LogP) is 4.65. The average Bonchev–Trinajstić information content (AvgIpc) is 2.51. The number of hydrogen-bond acceptors (Lipinski definition) is 3. The van der Waals surface area contributed by atoms with Crippen molar-refractivity contribution in [3.05, 3.63) is 42.1 Å². The molecule has 3 nitrogen and oxygen atoms in total. The van der Waals surface area contributed by atoms with Gasteiger partial charge in [-0.15, -0.1) is 0 Å². The zero-order valence-corrected chi connectivity index (χ0v) is 19.1. The minimum atomic E-state index is -1.92. The molecule has 1 aromatic carbocycles. The molecule has 0 bridgehead atoms. The van der Waals surface area contributed by atoms with Gasteiger partial charge in [-0.2, -0.15) is 0 Å². The molecule has 5 heteroatoms. The molecule has 140 valence electrons. The van der Waals surface area contributed by atoms with Crippen molar-refractivity contribution in [2.45, 2.75) is 65.0 Å². The zero-order chi connectivity index (χ0) is 19.3. The lowest BCUT2D eigenvalue weighted by molar-refractivity contribution is -0.148. The maximum Gasteiger partial charge on any atom is 0.331 e. The van der Waals surface area contributed by atoms with E-state index in [1.807, 2.05) is 19.1 Å². The summed E-state index contributed by atoms with van der Waals surface area (Å²) >= 11 is 0. The number of hydrogen-bond donors (Lipinski definition) is 0. The third-order valence-electron chi connectivity index (χ3n) is 4.98. The highest BCUT2D eigenvalue weighted by Gasteiger charge is 2.37. The van der Waals surface area contributed by atoms with Crippen molar-refractivity contribution >= 4 is 27.5 Å². The number of rotatable bonds is 7. The Morgan fingerprint density at radius 1 is 1.12 bits per heavy atom. The molecule has 0 aliphatic rings. The maximum atomic E-state index is 12.1. The molecule has 0 N–H and O–H groups in total. The van der Waals surface area contributed by atoms with Gasteiger partial charge in [0, 0.05) is 0 Å². The minimum absolute atomic E-state index is 0.0359. The SMILES string of the molecule is C[C@@H](/C=C/[Si](C)(C)c1ccccc1)OC(=O)CO[Si](C)(C)C(C)(C)C. The number of carbonyl (C=O) groups is 1. The summed E-state index contributed by atoms with van der Waals surface area (Å²) in [6.45, 7) is 17.3. The van der Waals surface area contributed by atoms with Gasteiger partial charge in [0.2, 0.25) is 0 Å². The normalized spacial score (nSPS) is 14.6. The molecule has 0 aromatic heterocycles. The predicted molar refractivity (Wildman–Crippen MR) is 111 cm³/mol. The largest absolute Gasteiger partial charge is 0.457 e. The summed E-state index contributed by atoms with van der Waals surface area (Å²) in [6.07, 6.45) is 1.76. The second-order valence-electron chi connectivity index (χ2n) is 8.69. The van der Waals surface area contributed by atoms with Gasteiger partial charge < -0.3 is 9.16 Å². The van der Waals surface area contributed by atoms with Crippen LogP contribution in [-0.4, -0.2) is 35.1 Å². The second kappa shape index (κ2) is 8.47. The third-order valence-corrected chi connectivity index (χ3v) is 12.3. The summed E-state index contributed by atoms with van der Waals surface area (Å²) in [6, 6.07) is 10.5. The fourth-order valence-corrected chi connectivity index (χ4v) is 4.98. The third kappa shape index (κ3) is 6.92. The molecule has 0 saturated heterocycles. The number of esters is 1. The van der Waals surface area contributed by atoms with Gasteiger partial charge >= 0.3 is 5.97 Å². The van der Waals surface area contributed by atoms with Crippen LogP contribution in [-0.2, 0) is 14.0 Å². The van der Waals surface area contributed by atoms with Crippen LogP contribution in [0.3, 0.4) is 0 Å². The van der Waals surface area contributed by atoms with Gasteiger partial charge in [-0.1, -0.05) is 81.2 Å². The number of benzene rings is 1. The van der Waals surface area contributed by atoms with E-state index in [-0.39, 0.29) is 23.7 Å². The van der Waals surface area contributed by atoms with E-state index in [2.05, 4.69) is 76.9 Å². The first kappa shape index (κ1) is 21.9. The van der Waals surface area contributed by atoms with Crippen molar-refractivity contribution in [3.8, 4) is 0 Å². The molecule has 0 fully saturated rings. The summed E-state index contributed by atoms with van der Waals surface area (Å²) in [7, 11) is -3.59. The molecular weight excluding hydrogens is 344 g/mol. The number of carbonyl (C=O) groups excluding carboxylic acids is 1. The molecular formula is C20H34O3Si2. The Morgan fingerprint density at radius 3 is 2.20 bits per heavy atom. The second-order valence-corrected chi connectivity index (χ2v) is 17.9. The van der Waals surface area contributed by atoms with Crippen LogP contribution in [0.2, 0.25) is 31.2 Å². The Kier molecular flexibility index (Phi) is 7.41. The van der Waals surface area contributed by atoms with Crippen molar-refractivity contribution in [2.75, 3.05) is 6.61 Å². The van der Waals surface area contributed by atoms with Crippen molar-refractivity contribution in [1.29, 1.82) is 0 Å². The lowest BCUT2D eigenvalue weighted by Crippen LogP contribution is -2.42. The van der Waals surface area contributed by atoms with E-state index in [0.717, 1.165) is 0 Å². The van der Waals surface area contributed by atoms with Crippen molar-refractivity contribution in [1.82, 2.24) is 0 Å². The molecule has 0 amide bonds. The molecule has 1 atom stereocenters. The van der Waals surface area contributed by atoms with Crippen LogP contribution >= 0.6 is 0 Å². The zero-order valence-electron chi connectivity index (χ0n) is 17.1. The smallest absolute Gasteiger partial charge is 0.331 e. The molecule has 1 aromatic rings. The maximum absolute atomic E-state index is 12.1. The highest BCUT2D eigenvalue weighted by Crippen LogP contribution is 2.36. The molecule has 0 unspecified atom stereocenters. The van der Waals surface area contributed by atoms with Gasteiger partial charge in [-0.25, -0.2) is 4.79 Å². The molecule has 0 aliphatic carbocycles. The van der Waals surface area contributed by atoms with Crippen molar-refractivity contribution in [3.63, 3.8) is 0 Å². The van der Waals surface area contributed by atoms with Crippen LogP contribution in [0, 0.1) is 0 Å². The van der Waals surface area contributed by atoms with Crippen LogP contribution in [0.25, 0.3) is 0 Å². The fraction of sp³-hybridized carbons (Fsp3) is 0.550. The summed E-state index contributed by atoms with van der Waals surface area (Å²) < 4.78 is 11.4. The highest BCUT2D eigenvalue weighted by molar-refractivity contribution is 6.93. The van der Waals surface area contributed by atoms with Crippen LogP contribution in [0.5, 0.6) is 0 Å². The Hall–Kier alpha value is -1.18. The summed E-state index contributed by atoms with van der Waals surface area (Å²) in [4.78, 5) is 12.1. The highest BCUT2D eigenvalue weighted by atomic mass is 28.4. The molecule has 1 rings (SSSR count). The monoisotopic (exact) mass is 378 g/mol. The first-order valence-electron chi connectivity index (χ1n) is 8.93. The van der Waals surface area contributed by atoms with E-state index in [9.17, 15) is 4.79 Å². The summed E-state index contributed by atoms with van der Waals surface area (Å²) in [5, 5.41) is 1.45. The minimum Gasteiger partial charge on any atom is -0.457 e. The van der Waals surface area contributed by atoms with Gasteiger partial charge in [-0.05, 0) is 25.1 Å². The Labute approximate surface area is 155 Å². The topological polar surface area (TPSA) is 35.5 Å². The van der Waals surface area contributed by atoms with E-state index in [0.29, 0.717) is 0 Å².